The number of aryl methyl sites for hydroxylation is 2. The smallest absolute Gasteiger partial charge is 0.436 e. The fraction of sp³-hybridized carbons (Fsp3) is 0.556. The highest BCUT2D eigenvalue weighted by Crippen LogP contribution is 2.32. The Hall–Kier alpha value is -3.06. The molecule has 32 heavy (non-hydrogen) atoms. The lowest BCUT2D eigenvalue weighted by Gasteiger charge is -2.05. The molecular weight excluding hydrogens is 450 g/mol. The van der Waals surface area contributed by atoms with Gasteiger partial charge in [-0.1, -0.05) is 0 Å². The number of alkyl halides is 6. The average molecular weight is 472 g/mol. The molecule has 0 amide bonds. The number of hydrogen-bond donors (Lipinski definition) is 0. The molecule has 180 valence electrons. The van der Waals surface area contributed by atoms with Crippen LogP contribution in [0.15, 0.2) is 12.4 Å². The molecule has 0 aliphatic rings. The summed E-state index contributed by atoms with van der Waals surface area (Å²) in [4.78, 5) is 22.5. The van der Waals surface area contributed by atoms with E-state index >= 15 is 0 Å². The van der Waals surface area contributed by atoms with E-state index in [2.05, 4.69) is 19.7 Å². The third-order valence-electron chi connectivity index (χ3n) is 3.71. The van der Waals surface area contributed by atoms with Crippen molar-refractivity contribution in [2.24, 2.45) is 0 Å². The van der Waals surface area contributed by atoms with Gasteiger partial charge in [0.2, 0.25) is 0 Å². The summed E-state index contributed by atoms with van der Waals surface area (Å²) in [5, 5.41) is 6.83. The van der Waals surface area contributed by atoms with Crippen molar-refractivity contribution in [3.05, 3.63) is 34.9 Å². The number of aromatic nitrogens is 4. The molecule has 0 aliphatic carbocycles. The van der Waals surface area contributed by atoms with Gasteiger partial charge < -0.3 is 9.47 Å². The second-order valence-electron chi connectivity index (χ2n) is 5.93. The highest BCUT2D eigenvalue weighted by molar-refractivity contribution is 5.90. The summed E-state index contributed by atoms with van der Waals surface area (Å²) in [5.41, 5.74) is -3.49. The number of nitrogens with zero attached hydrogens (tertiary/aromatic N) is 4. The first-order valence-corrected chi connectivity index (χ1v) is 9.43. The second-order valence-corrected chi connectivity index (χ2v) is 5.93. The van der Waals surface area contributed by atoms with Crippen molar-refractivity contribution in [1.82, 2.24) is 19.6 Å². The quantitative estimate of drug-likeness (QED) is 0.463. The van der Waals surface area contributed by atoms with Gasteiger partial charge in [-0.05, 0) is 27.7 Å². The standard InChI is InChI=1S/2C9H11F3N2O2/c1-3-14-5-6(9(10,11)12)7(13-14)8(15)16-4-2;1-3-14-5-6(8(15)16-4-2)7(13-14)9(10,11)12/h2*5H,3-4H2,1-2H3. The van der Waals surface area contributed by atoms with Crippen molar-refractivity contribution < 1.29 is 45.4 Å². The molecule has 2 aromatic heterocycles. The first-order chi connectivity index (χ1) is 14.8. The van der Waals surface area contributed by atoms with E-state index in [0.29, 0.717) is 0 Å². The Morgan fingerprint density at radius 3 is 1.75 bits per heavy atom. The Bertz CT molecular complexity index is 843. The van der Waals surface area contributed by atoms with Gasteiger partial charge in [0.05, 0.1) is 13.2 Å². The summed E-state index contributed by atoms with van der Waals surface area (Å²) >= 11 is 0. The lowest BCUT2D eigenvalue weighted by Crippen LogP contribution is -2.14. The van der Waals surface area contributed by atoms with Crippen LogP contribution in [-0.2, 0) is 34.9 Å². The number of halogens is 6. The maximum atomic E-state index is 12.5. The van der Waals surface area contributed by atoms with Crippen molar-refractivity contribution >= 4 is 11.9 Å². The van der Waals surface area contributed by atoms with Gasteiger partial charge in [-0.3, -0.25) is 9.36 Å². The third-order valence-corrected chi connectivity index (χ3v) is 3.71. The lowest BCUT2D eigenvalue weighted by molar-refractivity contribution is -0.142. The van der Waals surface area contributed by atoms with Gasteiger partial charge in [-0.15, -0.1) is 0 Å². The van der Waals surface area contributed by atoms with Gasteiger partial charge >= 0.3 is 24.3 Å². The maximum absolute atomic E-state index is 12.5. The van der Waals surface area contributed by atoms with Gasteiger partial charge in [0, 0.05) is 25.5 Å². The van der Waals surface area contributed by atoms with Crippen LogP contribution in [0, 0.1) is 0 Å². The van der Waals surface area contributed by atoms with Crippen LogP contribution in [0.1, 0.15) is 59.8 Å². The largest absolute Gasteiger partial charge is 0.462 e. The second kappa shape index (κ2) is 11.0. The zero-order valence-electron chi connectivity index (χ0n) is 17.7. The number of hydrogen-bond acceptors (Lipinski definition) is 6. The highest BCUT2D eigenvalue weighted by Gasteiger charge is 2.40. The lowest BCUT2D eigenvalue weighted by atomic mass is 10.2. The molecule has 0 saturated heterocycles. The van der Waals surface area contributed by atoms with E-state index in [1.807, 2.05) is 0 Å². The van der Waals surface area contributed by atoms with Crippen molar-refractivity contribution in [3.63, 3.8) is 0 Å². The first-order valence-electron chi connectivity index (χ1n) is 9.43. The van der Waals surface area contributed by atoms with Crippen LogP contribution in [0.2, 0.25) is 0 Å². The van der Waals surface area contributed by atoms with Crippen LogP contribution in [0.25, 0.3) is 0 Å². The van der Waals surface area contributed by atoms with Gasteiger partial charge in [0.1, 0.15) is 11.1 Å². The Kier molecular flexibility index (Phi) is 9.27. The molecule has 0 saturated carbocycles. The number of ether oxygens (including phenoxy) is 2. The fourth-order valence-electron chi connectivity index (χ4n) is 2.29. The molecule has 0 spiro atoms. The maximum Gasteiger partial charge on any atom is 0.436 e. The van der Waals surface area contributed by atoms with Gasteiger partial charge in [-0.2, -0.15) is 36.5 Å². The zero-order valence-corrected chi connectivity index (χ0v) is 17.7. The Morgan fingerprint density at radius 2 is 1.31 bits per heavy atom. The van der Waals surface area contributed by atoms with Crippen molar-refractivity contribution in [3.8, 4) is 0 Å². The van der Waals surface area contributed by atoms with Crippen LogP contribution in [0.3, 0.4) is 0 Å². The van der Waals surface area contributed by atoms with E-state index in [9.17, 15) is 35.9 Å². The zero-order chi connectivity index (χ0) is 24.7. The topological polar surface area (TPSA) is 88.2 Å². The molecule has 0 bridgehead atoms. The Balaban J connectivity index is 0.000000320. The van der Waals surface area contributed by atoms with Gasteiger partial charge in [0.25, 0.3) is 0 Å². The number of esters is 2. The molecule has 0 aliphatic heterocycles. The minimum atomic E-state index is -4.65. The number of carbonyl (C=O) groups is 2. The summed E-state index contributed by atoms with van der Waals surface area (Å²) in [7, 11) is 0. The summed E-state index contributed by atoms with van der Waals surface area (Å²) < 4.78 is 86.3. The van der Waals surface area contributed by atoms with E-state index in [-0.39, 0.29) is 26.3 Å². The molecular formula is C18H22F6N4O4. The van der Waals surface area contributed by atoms with Crippen molar-refractivity contribution in [2.75, 3.05) is 13.2 Å². The van der Waals surface area contributed by atoms with Crippen LogP contribution in [0.4, 0.5) is 26.3 Å². The molecule has 2 rings (SSSR count). The Labute approximate surface area is 179 Å². The normalized spacial score (nSPS) is 11.6. The molecule has 8 nitrogen and oxygen atoms in total. The predicted octanol–water partition coefficient (Wildman–Crippen LogP) is 4.20. The van der Waals surface area contributed by atoms with E-state index in [1.54, 1.807) is 13.8 Å². The monoisotopic (exact) mass is 472 g/mol. The summed E-state index contributed by atoms with van der Waals surface area (Å²) in [6.07, 6.45) is -7.41. The first kappa shape index (κ1) is 27.0. The summed E-state index contributed by atoms with van der Waals surface area (Å²) in [6, 6.07) is 0. The van der Waals surface area contributed by atoms with Gasteiger partial charge in [0.15, 0.2) is 11.4 Å². The minimum absolute atomic E-state index is 0.00904. The molecule has 0 unspecified atom stereocenters. The van der Waals surface area contributed by atoms with Crippen LogP contribution in [0.5, 0.6) is 0 Å². The highest BCUT2D eigenvalue weighted by atomic mass is 19.4. The average Bonchev–Trinajstić information content (AvgIpc) is 3.33. The number of carbonyl (C=O) groups excluding carboxylic acids is 2. The van der Waals surface area contributed by atoms with E-state index in [1.165, 1.54) is 13.8 Å². The molecule has 0 fully saturated rings. The molecule has 14 heteroatoms. The van der Waals surface area contributed by atoms with Crippen LogP contribution in [-0.4, -0.2) is 44.7 Å². The molecule has 2 heterocycles. The summed E-state index contributed by atoms with van der Waals surface area (Å²) in [5.74, 6) is -2.06. The third kappa shape index (κ3) is 6.99. The molecule has 0 N–H and O–H groups in total. The number of rotatable bonds is 6. The van der Waals surface area contributed by atoms with Crippen LogP contribution >= 0.6 is 0 Å². The SMILES string of the molecule is CCOC(=O)c1cn(CC)nc1C(F)(F)F.CCOC(=O)c1nn(CC)cc1C(F)(F)F. The van der Waals surface area contributed by atoms with Crippen molar-refractivity contribution in [1.29, 1.82) is 0 Å². The molecule has 0 atom stereocenters. The summed E-state index contributed by atoms with van der Waals surface area (Å²) in [6.45, 7) is 6.83. The molecule has 0 aromatic carbocycles. The van der Waals surface area contributed by atoms with Crippen LogP contribution < -0.4 is 0 Å². The van der Waals surface area contributed by atoms with E-state index < -0.39 is 46.8 Å². The van der Waals surface area contributed by atoms with Crippen molar-refractivity contribution in [2.45, 2.75) is 53.1 Å². The predicted molar refractivity (Wildman–Crippen MR) is 97.7 cm³/mol. The van der Waals surface area contributed by atoms with E-state index in [0.717, 1.165) is 21.8 Å². The molecule has 2 aromatic rings. The van der Waals surface area contributed by atoms with E-state index in [4.69, 9.17) is 0 Å². The Morgan fingerprint density at radius 1 is 0.812 bits per heavy atom. The van der Waals surface area contributed by atoms with Gasteiger partial charge in [-0.25, -0.2) is 9.59 Å². The minimum Gasteiger partial charge on any atom is -0.462 e. The fourth-order valence-corrected chi connectivity index (χ4v) is 2.29. The molecule has 0 radical (unpaired) electrons.